The van der Waals surface area contributed by atoms with Gasteiger partial charge in [0.1, 0.15) is 5.75 Å². The Kier molecular flexibility index (Phi) is 6.81. The summed E-state index contributed by atoms with van der Waals surface area (Å²) < 4.78 is 78.8. The van der Waals surface area contributed by atoms with E-state index in [1.165, 1.54) is 30.1 Å². The number of pyridine rings is 1. The molecule has 0 saturated carbocycles. The predicted octanol–water partition coefficient (Wildman–Crippen LogP) is 4.75. The summed E-state index contributed by atoms with van der Waals surface area (Å²) in [5.74, 6) is -0.989. The highest BCUT2D eigenvalue weighted by molar-refractivity contribution is 7.99. The quantitative estimate of drug-likeness (QED) is 0.496. The molecule has 0 aliphatic carbocycles. The first-order valence-corrected chi connectivity index (χ1v) is 8.68. The largest absolute Gasteiger partial charge is 0.573 e. The van der Waals surface area contributed by atoms with Crippen LogP contribution in [0.4, 0.5) is 26.3 Å². The normalized spacial score (nSPS) is 12.0. The van der Waals surface area contributed by atoms with Gasteiger partial charge in [-0.1, -0.05) is 30.0 Å². The minimum absolute atomic E-state index is 0.133. The van der Waals surface area contributed by atoms with E-state index in [0.29, 0.717) is 6.20 Å². The zero-order valence-corrected chi connectivity index (χ0v) is 15.2. The molecule has 1 aromatic carbocycles. The van der Waals surface area contributed by atoms with Gasteiger partial charge in [0.2, 0.25) is 5.91 Å². The Morgan fingerprint density at radius 2 is 1.79 bits per heavy atom. The SMILES string of the molecule is CN(Cc1ccccc1OC(F)(F)F)C(=O)CSc1ccc(C(F)(F)F)cn1. The van der Waals surface area contributed by atoms with Crippen molar-refractivity contribution in [1.82, 2.24) is 9.88 Å². The Bertz CT molecular complexity index is 809. The smallest absolute Gasteiger partial charge is 0.405 e. The molecule has 0 unspecified atom stereocenters. The van der Waals surface area contributed by atoms with Gasteiger partial charge in [-0.15, -0.1) is 13.2 Å². The van der Waals surface area contributed by atoms with E-state index in [-0.39, 0.29) is 22.9 Å². The molecule has 4 nitrogen and oxygen atoms in total. The molecule has 0 N–H and O–H groups in total. The minimum Gasteiger partial charge on any atom is -0.405 e. The van der Waals surface area contributed by atoms with Crippen LogP contribution in [0.2, 0.25) is 0 Å². The van der Waals surface area contributed by atoms with E-state index >= 15 is 0 Å². The van der Waals surface area contributed by atoms with Crippen LogP contribution >= 0.6 is 11.8 Å². The van der Waals surface area contributed by atoms with Crippen LogP contribution < -0.4 is 4.74 Å². The number of alkyl halides is 6. The van der Waals surface area contributed by atoms with Gasteiger partial charge in [-0.05, 0) is 18.2 Å². The molecule has 2 rings (SSSR count). The van der Waals surface area contributed by atoms with E-state index in [2.05, 4.69) is 9.72 Å². The number of amides is 1. The van der Waals surface area contributed by atoms with Crippen molar-refractivity contribution in [1.29, 1.82) is 0 Å². The molecular weight excluding hydrogens is 410 g/mol. The van der Waals surface area contributed by atoms with E-state index in [0.717, 1.165) is 30.0 Å². The summed E-state index contributed by atoms with van der Waals surface area (Å²) in [7, 11) is 1.40. The van der Waals surface area contributed by atoms with Crippen molar-refractivity contribution in [3.05, 3.63) is 53.7 Å². The molecule has 0 saturated heterocycles. The van der Waals surface area contributed by atoms with Crippen LogP contribution in [0, 0.1) is 0 Å². The van der Waals surface area contributed by atoms with Crippen molar-refractivity contribution in [3.63, 3.8) is 0 Å². The zero-order valence-electron chi connectivity index (χ0n) is 14.3. The molecule has 2 aromatic rings. The number of hydrogen-bond acceptors (Lipinski definition) is 4. The van der Waals surface area contributed by atoms with Crippen molar-refractivity contribution in [2.75, 3.05) is 12.8 Å². The van der Waals surface area contributed by atoms with E-state index in [9.17, 15) is 31.1 Å². The second-order valence-corrected chi connectivity index (χ2v) is 6.57. The van der Waals surface area contributed by atoms with Gasteiger partial charge in [0.25, 0.3) is 0 Å². The molecule has 0 radical (unpaired) electrons. The van der Waals surface area contributed by atoms with Crippen LogP contribution in [0.25, 0.3) is 0 Å². The molecular formula is C17H14F6N2O2S. The molecule has 1 amide bonds. The second-order valence-electron chi connectivity index (χ2n) is 5.58. The lowest BCUT2D eigenvalue weighted by Crippen LogP contribution is -2.28. The average molecular weight is 424 g/mol. The van der Waals surface area contributed by atoms with Crippen LogP contribution in [0.5, 0.6) is 5.75 Å². The fourth-order valence-electron chi connectivity index (χ4n) is 2.08. The summed E-state index contributed by atoms with van der Waals surface area (Å²) >= 11 is 0.920. The Labute approximate surface area is 160 Å². The number of benzene rings is 1. The second kappa shape index (κ2) is 8.72. The van der Waals surface area contributed by atoms with Gasteiger partial charge >= 0.3 is 12.5 Å². The number of para-hydroxylation sites is 1. The Hall–Kier alpha value is -2.43. The third kappa shape index (κ3) is 6.63. The Morgan fingerprint density at radius 1 is 1.11 bits per heavy atom. The standard InChI is InChI=1S/C17H14F6N2O2S/c1-25(9-11-4-2-3-5-13(11)27-17(21,22)23)15(26)10-28-14-7-6-12(8-24-14)16(18,19)20/h2-8H,9-10H2,1H3. The van der Waals surface area contributed by atoms with Crippen LogP contribution in [-0.2, 0) is 17.5 Å². The number of carbonyl (C=O) groups excluding carboxylic acids is 1. The summed E-state index contributed by atoms with van der Waals surface area (Å²) in [5.41, 5.74) is -0.741. The van der Waals surface area contributed by atoms with Gasteiger partial charge in [0, 0.05) is 25.4 Å². The number of hydrogen-bond donors (Lipinski definition) is 0. The van der Waals surface area contributed by atoms with Gasteiger partial charge in [-0.25, -0.2) is 4.98 Å². The predicted molar refractivity (Wildman–Crippen MR) is 89.6 cm³/mol. The average Bonchev–Trinajstić information content (AvgIpc) is 2.59. The maximum Gasteiger partial charge on any atom is 0.573 e. The lowest BCUT2D eigenvalue weighted by atomic mass is 10.2. The highest BCUT2D eigenvalue weighted by Crippen LogP contribution is 2.30. The van der Waals surface area contributed by atoms with Crippen molar-refractivity contribution in [2.45, 2.75) is 24.1 Å². The topological polar surface area (TPSA) is 42.4 Å². The molecule has 0 aliphatic heterocycles. The Morgan fingerprint density at radius 3 is 2.36 bits per heavy atom. The molecule has 0 aliphatic rings. The van der Waals surface area contributed by atoms with E-state index < -0.39 is 29.8 Å². The lowest BCUT2D eigenvalue weighted by molar-refractivity contribution is -0.275. The fourth-order valence-corrected chi connectivity index (χ4v) is 2.86. The van der Waals surface area contributed by atoms with Gasteiger partial charge in [-0.3, -0.25) is 4.79 Å². The number of rotatable bonds is 6. The summed E-state index contributed by atoms with van der Waals surface area (Å²) in [6.45, 7) is -0.133. The first-order chi connectivity index (χ1) is 13.0. The van der Waals surface area contributed by atoms with Crippen LogP contribution in [0.1, 0.15) is 11.1 Å². The van der Waals surface area contributed by atoms with Crippen LogP contribution in [-0.4, -0.2) is 35.0 Å². The first kappa shape index (κ1) is 21.9. The summed E-state index contributed by atoms with van der Waals surface area (Å²) in [5, 5.41) is 0.218. The molecule has 0 fully saturated rings. The van der Waals surface area contributed by atoms with E-state index in [4.69, 9.17) is 0 Å². The van der Waals surface area contributed by atoms with Crippen LogP contribution in [0.15, 0.2) is 47.6 Å². The fraction of sp³-hybridized carbons (Fsp3) is 0.294. The third-order valence-electron chi connectivity index (χ3n) is 3.44. The van der Waals surface area contributed by atoms with E-state index in [1.807, 2.05) is 0 Å². The highest BCUT2D eigenvalue weighted by Gasteiger charge is 2.32. The summed E-state index contributed by atoms with van der Waals surface area (Å²) in [6, 6.07) is 7.43. The number of thioether (sulfide) groups is 1. The maximum absolute atomic E-state index is 12.5. The molecule has 0 atom stereocenters. The highest BCUT2D eigenvalue weighted by atomic mass is 32.2. The zero-order chi connectivity index (χ0) is 20.9. The number of aromatic nitrogens is 1. The monoisotopic (exact) mass is 424 g/mol. The molecule has 11 heteroatoms. The molecule has 1 aromatic heterocycles. The number of nitrogens with zero attached hydrogens (tertiary/aromatic N) is 2. The Balaban J connectivity index is 1.95. The van der Waals surface area contributed by atoms with Gasteiger partial charge in [-0.2, -0.15) is 13.2 Å². The molecule has 152 valence electrons. The lowest BCUT2D eigenvalue weighted by Gasteiger charge is -2.19. The van der Waals surface area contributed by atoms with Gasteiger partial charge in [0.05, 0.1) is 16.3 Å². The van der Waals surface area contributed by atoms with Crippen molar-refractivity contribution in [2.24, 2.45) is 0 Å². The number of carbonyl (C=O) groups is 1. The summed E-state index contributed by atoms with van der Waals surface area (Å²) in [4.78, 5) is 17.0. The number of ether oxygens (including phenoxy) is 1. The van der Waals surface area contributed by atoms with Crippen molar-refractivity contribution in [3.8, 4) is 5.75 Å². The minimum atomic E-state index is -4.86. The van der Waals surface area contributed by atoms with Gasteiger partial charge in [0.15, 0.2) is 0 Å². The van der Waals surface area contributed by atoms with Crippen molar-refractivity contribution < 1.29 is 35.9 Å². The first-order valence-electron chi connectivity index (χ1n) is 7.69. The van der Waals surface area contributed by atoms with Gasteiger partial charge < -0.3 is 9.64 Å². The van der Waals surface area contributed by atoms with Crippen molar-refractivity contribution >= 4 is 17.7 Å². The maximum atomic E-state index is 12.5. The summed E-state index contributed by atoms with van der Waals surface area (Å²) in [6.07, 6.45) is -8.69. The molecule has 0 bridgehead atoms. The molecule has 28 heavy (non-hydrogen) atoms. The number of halogens is 6. The van der Waals surface area contributed by atoms with E-state index in [1.54, 1.807) is 0 Å². The molecule has 1 heterocycles. The third-order valence-corrected chi connectivity index (χ3v) is 4.37. The van der Waals surface area contributed by atoms with Crippen LogP contribution in [0.3, 0.4) is 0 Å². The molecule has 0 spiro atoms.